The summed E-state index contributed by atoms with van der Waals surface area (Å²) < 4.78 is 10.4. The Bertz CT molecular complexity index is 563. The lowest BCUT2D eigenvalue weighted by Crippen LogP contribution is -1.94. The van der Waals surface area contributed by atoms with Crippen LogP contribution in [0.2, 0.25) is 5.15 Å². The van der Waals surface area contributed by atoms with Gasteiger partial charge in [-0.05, 0) is 6.26 Å². The van der Waals surface area contributed by atoms with Crippen molar-refractivity contribution < 1.29 is 9.47 Å². The van der Waals surface area contributed by atoms with Crippen molar-refractivity contribution in [1.82, 2.24) is 9.97 Å². The fourth-order valence-electron chi connectivity index (χ4n) is 1.47. The van der Waals surface area contributed by atoms with E-state index < -0.39 is 0 Å². The maximum absolute atomic E-state index is 6.02. The molecule has 90 valence electrons. The van der Waals surface area contributed by atoms with E-state index in [1.165, 1.54) is 11.8 Å². The van der Waals surface area contributed by atoms with E-state index in [2.05, 4.69) is 9.97 Å². The molecule has 0 atom stereocenters. The maximum atomic E-state index is 6.02. The number of nitrogens with zero attached hydrogens (tertiary/aromatic N) is 2. The van der Waals surface area contributed by atoms with Gasteiger partial charge in [0.15, 0.2) is 5.15 Å². The fraction of sp³-hybridized carbons (Fsp3) is 0.273. The highest BCUT2D eigenvalue weighted by molar-refractivity contribution is 7.98. The molecule has 0 amide bonds. The monoisotopic (exact) mass is 270 g/mol. The number of thioether (sulfide) groups is 1. The number of rotatable bonds is 3. The van der Waals surface area contributed by atoms with Gasteiger partial charge in [0.05, 0.1) is 19.7 Å². The number of benzene rings is 1. The topological polar surface area (TPSA) is 44.2 Å². The Hall–Kier alpha value is -1.20. The average molecular weight is 271 g/mol. The molecule has 6 heteroatoms. The number of aromatic nitrogens is 2. The van der Waals surface area contributed by atoms with Gasteiger partial charge in [-0.3, -0.25) is 0 Å². The number of hydrogen-bond donors (Lipinski definition) is 0. The Kier molecular flexibility index (Phi) is 3.59. The van der Waals surface area contributed by atoms with Crippen LogP contribution in [0.15, 0.2) is 17.2 Å². The second-order valence-corrected chi connectivity index (χ2v) is 4.37. The lowest BCUT2D eigenvalue weighted by Gasteiger charge is -2.09. The number of fused-ring (bicyclic) bond motifs is 1. The Morgan fingerprint density at radius 1 is 1.18 bits per heavy atom. The van der Waals surface area contributed by atoms with Crippen molar-refractivity contribution in [2.45, 2.75) is 5.03 Å². The summed E-state index contributed by atoms with van der Waals surface area (Å²) in [5.74, 6) is 1.28. The van der Waals surface area contributed by atoms with Gasteiger partial charge in [0.25, 0.3) is 0 Å². The first-order chi connectivity index (χ1) is 8.19. The van der Waals surface area contributed by atoms with Crippen molar-refractivity contribution in [3.8, 4) is 11.5 Å². The van der Waals surface area contributed by atoms with Crippen molar-refractivity contribution in [2.24, 2.45) is 0 Å². The van der Waals surface area contributed by atoms with Crippen LogP contribution >= 0.6 is 23.4 Å². The van der Waals surface area contributed by atoms with Crippen LogP contribution in [0.5, 0.6) is 11.5 Å². The SMILES string of the molecule is COc1cc(OC)c2nc(Cl)c(SC)nc2c1. The molecule has 0 bridgehead atoms. The maximum Gasteiger partial charge on any atom is 0.162 e. The molecule has 0 spiro atoms. The zero-order chi connectivity index (χ0) is 12.4. The van der Waals surface area contributed by atoms with E-state index in [1.807, 2.05) is 6.26 Å². The standard InChI is InChI=1S/C11H11ClN2O2S/c1-15-6-4-7-9(8(5-6)16-2)14-10(12)11(13-7)17-3/h4-5H,1-3H3. The normalized spacial score (nSPS) is 10.6. The van der Waals surface area contributed by atoms with E-state index in [0.29, 0.717) is 32.7 Å². The third-order valence-electron chi connectivity index (χ3n) is 2.29. The molecule has 0 fully saturated rings. The highest BCUT2D eigenvalue weighted by atomic mass is 35.5. The van der Waals surface area contributed by atoms with Crippen molar-refractivity contribution >= 4 is 34.4 Å². The van der Waals surface area contributed by atoms with Crippen LogP contribution in [0, 0.1) is 0 Å². The van der Waals surface area contributed by atoms with Gasteiger partial charge in [-0.15, -0.1) is 11.8 Å². The third kappa shape index (κ3) is 2.25. The van der Waals surface area contributed by atoms with Crippen LogP contribution in [-0.2, 0) is 0 Å². The summed E-state index contributed by atoms with van der Waals surface area (Å²) in [5, 5.41) is 1.07. The highest BCUT2D eigenvalue weighted by Crippen LogP contribution is 2.32. The van der Waals surface area contributed by atoms with E-state index in [0.717, 1.165) is 0 Å². The molecule has 0 unspecified atom stereocenters. The summed E-state index contributed by atoms with van der Waals surface area (Å²) >= 11 is 7.47. The van der Waals surface area contributed by atoms with Crippen molar-refractivity contribution in [3.05, 3.63) is 17.3 Å². The summed E-state index contributed by atoms with van der Waals surface area (Å²) in [7, 11) is 3.17. The fourth-order valence-corrected chi connectivity index (χ4v) is 2.23. The van der Waals surface area contributed by atoms with Crippen LogP contribution in [0.4, 0.5) is 0 Å². The average Bonchev–Trinajstić information content (AvgIpc) is 2.36. The van der Waals surface area contributed by atoms with Crippen LogP contribution < -0.4 is 9.47 Å². The molecule has 0 aliphatic carbocycles. The molecule has 0 radical (unpaired) electrons. The van der Waals surface area contributed by atoms with Gasteiger partial charge in [-0.25, -0.2) is 9.97 Å². The predicted octanol–water partition coefficient (Wildman–Crippen LogP) is 3.02. The first kappa shape index (κ1) is 12.3. The Labute approximate surface area is 108 Å². The second-order valence-electron chi connectivity index (χ2n) is 3.22. The molecule has 2 rings (SSSR count). The van der Waals surface area contributed by atoms with Crippen LogP contribution in [0.3, 0.4) is 0 Å². The number of methoxy groups -OCH3 is 2. The first-order valence-electron chi connectivity index (χ1n) is 4.83. The lowest BCUT2D eigenvalue weighted by atomic mass is 10.2. The molecule has 4 nitrogen and oxygen atoms in total. The van der Waals surface area contributed by atoms with Crippen LogP contribution in [-0.4, -0.2) is 30.4 Å². The number of hydrogen-bond acceptors (Lipinski definition) is 5. The molecule has 2 aromatic rings. The van der Waals surface area contributed by atoms with E-state index in [9.17, 15) is 0 Å². The van der Waals surface area contributed by atoms with E-state index in [-0.39, 0.29) is 0 Å². The van der Waals surface area contributed by atoms with E-state index in [4.69, 9.17) is 21.1 Å². The van der Waals surface area contributed by atoms with Gasteiger partial charge in [0.2, 0.25) is 0 Å². The summed E-state index contributed by atoms with van der Waals surface area (Å²) in [5.41, 5.74) is 1.34. The Morgan fingerprint density at radius 3 is 2.53 bits per heavy atom. The minimum atomic E-state index is 0.383. The predicted molar refractivity (Wildman–Crippen MR) is 69.4 cm³/mol. The van der Waals surface area contributed by atoms with Crippen LogP contribution in [0.25, 0.3) is 11.0 Å². The quantitative estimate of drug-likeness (QED) is 0.802. The molecule has 1 aromatic carbocycles. The molecule has 17 heavy (non-hydrogen) atoms. The van der Waals surface area contributed by atoms with Crippen LogP contribution in [0.1, 0.15) is 0 Å². The Balaban J connectivity index is 2.75. The Morgan fingerprint density at radius 2 is 1.94 bits per heavy atom. The molecular weight excluding hydrogens is 260 g/mol. The van der Waals surface area contributed by atoms with Gasteiger partial charge in [0, 0.05) is 12.1 Å². The molecule has 0 saturated carbocycles. The van der Waals surface area contributed by atoms with E-state index >= 15 is 0 Å². The molecule has 0 N–H and O–H groups in total. The summed E-state index contributed by atoms with van der Waals surface area (Å²) in [6.45, 7) is 0. The number of ether oxygens (including phenoxy) is 2. The van der Waals surface area contributed by atoms with Gasteiger partial charge in [-0.1, -0.05) is 11.6 Å². The van der Waals surface area contributed by atoms with Gasteiger partial charge >= 0.3 is 0 Å². The summed E-state index contributed by atoms with van der Waals surface area (Å²) in [4.78, 5) is 8.71. The molecule has 0 saturated heterocycles. The van der Waals surface area contributed by atoms with Crippen molar-refractivity contribution in [2.75, 3.05) is 20.5 Å². The molecular formula is C11H11ClN2O2S. The van der Waals surface area contributed by atoms with Crippen molar-refractivity contribution in [3.63, 3.8) is 0 Å². The van der Waals surface area contributed by atoms with Gasteiger partial charge < -0.3 is 9.47 Å². The summed E-state index contributed by atoms with van der Waals surface area (Å²) in [6.07, 6.45) is 1.90. The zero-order valence-corrected chi connectivity index (χ0v) is 11.2. The van der Waals surface area contributed by atoms with Gasteiger partial charge in [-0.2, -0.15) is 0 Å². The second kappa shape index (κ2) is 4.98. The molecule has 0 aliphatic rings. The molecule has 1 heterocycles. The molecule has 1 aromatic heterocycles. The lowest BCUT2D eigenvalue weighted by molar-refractivity contribution is 0.397. The highest BCUT2D eigenvalue weighted by Gasteiger charge is 2.11. The van der Waals surface area contributed by atoms with Gasteiger partial charge in [0.1, 0.15) is 22.0 Å². The first-order valence-corrected chi connectivity index (χ1v) is 6.43. The summed E-state index contributed by atoms with van der Waals surface area (Å²) in [6, 6.07) is 3.56. The van der Waals surface area contributed by atoms with Crippen molar-refractivity contribution in [1.29, 1.82) is 0 Å². The third-order valence-corrected chi connectivity index (χ3v) is 3.33. The largest absolute Gasteiger partial charge is 0.497 e. The van der Waals surface area contributed by atoms with E-state index in [1.54, 1.807) is 26.4 Å². The minimum absolute atomic E-state index is 0.383. The molecule has 0 aliphatic heterocycles. The number of halogens is 1. The minimum Gasteiger partial charge on any atom is -0.497 e. The zero-order valence-electron chi connectivity index (χ0n) is 9.65. The smallest absolute Gasteiger partial charge is 0.162 e.